The summed E-state index contributed by atoms with van der Waals surface area (Å²) in [5, 5.41) is 0.756. The van der Waals surface area contributed by atoms with Crippen LogP contribution in [-0.2, 0) is 11.5 Å². The van der Waals surface area contributed by atoms with E-state index in [1.165, 1.54) is 18.2 Å². The van der Waals surface area contributed by atoms with Crippen LogP contribution in [0.3, 0.4) is 0 Å². The molecular weight excluding hydrogens is 411 g/mol. The molecule has 0 atom stereocenters. The van der Waals surface area contributed by atoms with E-state index in [0.717, 1.165) is 6.07 Å². The number of benzene rings is 2. The first-order valence-corrected chi connectivity index (χ1v) is 7.91. The van der Waals surface area contributed by atoms with Crippen LogP contribution in [0.5, 0.6) is 0 Å². The maximum Gasteiger partial charge on any atom is 0.416 e. The number of hydrogen-bond acceptors (Lipinski definition) is 0. The second-order valence-corrected chi connectivity index (χ2v) is 5.99. The van der Waals surface area contributed by atoms with Gasteiger partial charge in [-0.2, -0.15) is 13.2 Å². The average molecular weight is 418 g/mol. The number of hydrogen-bond donors (Lipinski definition) is 0. The Labute approximate surface area is 142 Å². The fraction of sp³-hybridized carbons (Fsp3) is 0.143. The largest absolute Gasteiger partial charge is 0.416 e. The Morgan fingerprint density at radius 1 is 0.905 bits per heavy atom. The van der Waals surface area contributed by atoms with E-state index in [9.17, 15) is 13.2 Å². The molecule has 2 aromatic carbocycles. The highest BCUT2D eigenvalue weighted by Gasteiger charge is 2.34. The summed E-state index contributed by atoms with van der Waals surface area (Å²) < 4.78 is 39.2. The Morgan fingerprint density at radius 2 is 1.52 bits per heavy atom. The van der Waals surface area contributed by atoms with Gasteiger partial charge in [-0.25, -0.2) is 0 Å². The molecule has 112 valence electrons. The summed E-state index contributed by atoms with van der Waals surface area (Å²) in [5.41, 5.74) is 0.168. The molecule has 0 aromatic heterocycles. The molecule has 0 fully saturated rings. The molecule has 7 heteroatoms. The van der Waals surface area contributed by atoms with Crippen molar-refractivity contribution in [1.82, 2.24) is 0 Å². The highest BCUT2D eigenvalue weighted by molar-refractivity contribution is 9.08. The van der Waals surface area contributed by atoms with E-state index < -0.39 is 11.7 Å². The van der Waals surface area contributed by atoms with Crippen LogP contribution in [-0.4, -0.2) is 0 Å². The second kappa shape index (κ2) is 6.37. The molecule has 0 aliphatic rings. The lowest BCUT2D eigenvalue weighted by atomic mass is 9.96. The first-order valence-electron chi connectivity index (χ1n) is 5.65. The smallest absolute Gasteiger partial charge is 0.166 e. The van der Waals surface area contributed by atoms with Crippen molar-refractivity contribution in [3.63, 3.8) is 0 Å². The van der Waals surface area contributed by atoms with E-state index in [-0.39, 0.29) is 26.0 Å². The SMILES string of the molecule is FC(F)(F)c1cccc(-c2cc(Cl)c(Cl)cc2Cl)c1CBr. The summed E-state index contributed by atoms with van der Waals surface area (Å²) >= 11 is 21.0. The molecule has 0 aliphatic carbocycles. The van der Waals surface area contributed by atoms with Crippen molar-refractivity contribution in [2.75, 3.05) is 0 Å². The zero-order valence-corrected chi connectivity index (χ0v) is 14.1. The minimum Gasteiger partial charge on any atom is -0.166 e. The molecule has 0 saturated heterocycles. The monoisotopic (exact) mass is 416 g/mol. The summed E-state index contributed by atoms with van der Waals surface area (Å²) in [6.45, 7) is 0. The zero-order valence-electron chi connectivity index (χ0n) is 10.2. The molecule has 2 aromatic rings. The van der Waals surface area contributed by atoms with Crippen molar-refractivity contribution < 1.29 is 13.2 Å². The fourth-order valence-corrected chi connectivity index (χ4v) is 3.23. The predicted octanol–water partition coefficient (Wildman–Crippen LogP) is 7.23. The number of rotatable bonds is 2. The Hall–Kier alpha value is -0.420. The van der Waals surface area contributed by atoms with Gasteiger partial charge < -0.3 is 0 Å². The van der Waals surface area contributed by atoms with Crippen molar-refractivity contribution in [2.24, 2.45) is 0 Å². The topological polar surface area (TPSA) is 0 Å². The quantitative estimate of drug-likeness (QED) is 0.357. The normalized spacial score (nSPS) is 11.8. The molecule has 0 spiro atoms. The second-order valence-electron chi connectivity index (χ2n) is 4.21. The maximum atomic E-state index is 13.1. The molecule has 0 amide bonds. The van der Waals surface area contributed by atoms with Gasteiger partial charge in [0, 0.05) is 15.9 Å². The van der Waals surface area contributed by atoms with Crippen LogP contribution in [0.2, 0.25) is 15.1 Å². The Balaban J connectivity index is 2.73. The van der Waals surface area contributed by atoms with E-state index in [2.05, 4.69) is 15.9 Å². The van der Waals surface area contributed by atoms with Gasteiger partial charge in [0.05, 0.1) is 15.6 Å². The van der Waals surface area contributed by atoms with Gasteiger partial charge in [0.15, 0.2) is 0 Å². The molecular formula is C14H7BrCl3F3. The summed E-state index contributed by atoms with van der Waals surface area (Å²) in [6, 6.07) is 6.82. The number of alkyl halides is 4. The molecule has 0 radical (unpaired) electrons. The third-order valence-electron chi connectivity index (χ3n) is 2.92. The van der Waals surface area contributed by atoms with Gasteiger partial charge in [0.2, 0.25) is 0 Å². The molecule has 0 unspecified atom stereocenters. The van der Waals surface area contributed by atoms with Crippen molar-refractivity contribution in [3.8, 4) is 11.1 Å². The van der Waals surface area contributed by atoms with Crippen LogP contribution in [0, 0.1) is 0 Å². The van der Waals surface area contributed by atoms with E-state index >= 15 is 0 Å². The van der Waals surface area contributed by atoms with Crippen LogP contribution < -0.4 is 0 Å². The third-order valence-corrected chi connectivity index (χ3v) is 4.51. The maximum absolute atomic E-state index is 13.1. The zero-order chi connectivity index (χ0) is 15.8. The fourth-order valence-electron chi connectivity index (χ4n) is 1.98. The van der Waals surface area contributed by atoms with Gasteiger partial charge in [-0.15, -0.1) is 0 Å². The van der Waals surface area contributed by atoms with Crippen LogP contribution in [0.15, 0.2) is 30.3 Å². The number of halogens is 7. The first kappa shape index (κ1) is 16.9. The van der Waals surface area contributed by atoms with Crippen LogP contribution in [0.4, 0.5) is 13.2 Å². The standard InChI is InChI=1S/C14H7BrCl3F3/c15-6-9-7(2-1-3-10(9)14(19,20)21)8-4-12(17)13(18)5-11(8)16/h1-5H,6H2. The molecule has 0 bridgehead atoms. The molecule has 0 aliphatic heterocycles. The van der Waals surface area contributed by atoms with Gasteiger partial charge in [-0.3, -0.25) is 0 Å². The lowest BCUT2D eigenvalue weighted by Gasteiger charge is -2.16. The Morgan fingerprint density at radius 3 is 2.10 bits per heavy atom. The molecule has 0 saturated carbocycles. The molecule has 0 nitrogen and oxygen atoms in total. The van der Waals surface area contributed by atoms with Crippen LogP contribution in [0.1, 0.15) is 11.1 Å². The summed E-state index contributed by atoms with van der Waals surface area (Å²) in [7, 11) is 0. The highest BCUT2D eigenvalue weighted by atomic mass is 79.9. The predicted molar refractivity (Wildman–Crippen MR) is 84.5 cm³/mol. The minimum absolute atomic E-state index is 0.0363. The summed E-state index contributed by atoms with van der Waals surface area (Å²) in [5.74, 6) is 0. The third kappa shape index (κ3) is 3.50. The van der Waals surface area contributed by atoms with Gasteiger partial charge >= 0.3 is 6.18 Å². The first-order chi connectivity index (χ1) is 9.75. The summed E-state index contributed by atoms with van der Waals surface area (Å²) in [6.07, 6.45) is -4.44. The van der Waals surface area contributed by atoms with Crippen LogP contribution >= 0.6 is 50.7 Å². The van der Waals surface area contributed by atoms with E-state index in [1.54, 1.807) is 6.07 Å². The van der Waals surface area contributed by atoms with Crippen molar-refractivity contribution >= 4 is 50.7 Å². The van der Waals surface area contributed by atoms with E-state index in [0.29, 0.717) is 11.1 Å². The van der Waals surface area contributed by atoms with Gasteiger partial charge in [-0.1, -0.05) is 62.9 Å². The van der Waals surface area contributed by atoms with E-state index in [4.69, 9.17) is 34.8 Å². The highest BCUT2D eigenvalue weighted by Crippen LogP contribution is 2.41. The molecule has 0 heterocycles. The van der Waals surface area contributed by atoms with Crippen molar-refractivity contribution in [1.29, 1.82) is 0 Å². The van der Waals surface area contributed by atoms with Gasteiger partial charge in [0.1, 0.15) is 0 Å². The lowest BCUT2D eigenvalue weighted by molar-refractivity contribution is -0.138. The van der Waals surface area contributed by atoms with Crippen molar-refractivity contribution in [3.05, 3.63) is 56.5 Å². The van der Waals surface area contributed by atoms with Gasteiger partial charge in [-0.05, 0) is 29.3 Å². The molecule has 0 N–H and O–H groups in total. The molecule has 2 rings (SSSR count). The van der Waals surface area contributed by atoms with E-state index in [1.807, 2.05) is 0 Å². The van der Waals surface area contributed by atoms with Crippen LogP contribution in [0.25, 0.3) is 11.1 Å². The summed E-state index contributed by atoms with van der Waals surface area (Å²) in [4.78, 5) is 0. The lowest BCUT2D eigenvalue weighted by Crippen LogP contribution is -2.09. The molecule has 21 heavy (non-hydrogen) atoms. The van der Waals surface area contributed by atoms with Crippen molar-refractivity contribution in [2.45, 2.75) is 11.5 Å². The minimum atomic E-state index is -4.44. The Bertz CT molecular complexity index is 684. The van der Waals surface area contributed by atoms with Gasteiger partial charge in [0.25, 0.3) is 0 Å². The average Bonchev–Trinajstić information content (AvgIpc) is 2.41. The Kier molecular flexibility index (Phi) is 5.14.